The zero-order chi connectivity index (χ0) is 24.4. The van der Waals surface area contributed by atoms with Gasteiger partial charge in [0.05, 0.1) is 5.69 Å². The fourth-order valence-electron chi connectivity index (χ4n) is 5.43. The minimum absolute atomic E-state index is 0.447. The number of carbonyl (C=O) groups is 1. The molecular weight excluding hydrogens is 440 g/mol. The zero-order valence-corrected chi connectivity index (χ0v) is 20.5. The maximum atomic E-state index is 11.9. The lowest BCUT2D eigenvalue weighted by Gasteiger charge is -2.32. The lowest BCUT2D eigenvalue weighted by atomic mass is 9.95. The Kier molecular flexibility index (Phi) is 7.00. The summed E-state index contributed by atoms with van der Waals surface area (Å²) >= 11 is 0. The predicted molar refractivity (Wildman–Crippen MR) is 134 cm³/mol. The molecule has 1 saturated carbocycles. The topological polar surface area (TPSA) is 90.6 Å². The van der Waals surface area contributed by atoms with Crippen LogP contribution in [-0.4, -0.2) is 46.8 Å². The first-order valence-corrected chi connectivity index (χ1v) is 12.5. The molecule has 7 nitrogen and oxygen atoms in total. The van der Waals surface area contributed by atoms with Gasteiger partial charge < -0.3 is 9.84 Å². The number of hydrogen-bond donors (Lipinski definition) is 3. The van der Waals surface area contributed by atoms with Crippen molar-refractivity contribution >= 4 is 5.91 Å². The van der Waals surface area contributed by atoms with Crippen LogP contribution in [0.25, 0.3) is 11.1 Å². The molecule has 0 radical (unpaired) electrons. The van der Waals surface area contributed by atoms with Crippen molar-refractivity contribution in [2.45, 2.75) is 51.6 Å². The van der Waals surface area contributed by atoms with Crippen LogP contribution >= 0.6 is 0 Å². The summed E-state index contributed by atoms with van der Waals surface area (Å²) in [6.07, 6.45) is 3.52. The van der Waals surface area contributed by atoms with Crippen molar-refractivity contribution in [3.8, 4) is 11.1 Å². The summed E-state index contributed by atoms with van der Waals surface area (Å²) < 4.78 is 5.31. The van der Waals surface area contributed by atoms with Gasteiger partial charge in [-0.2, -0.15) is 0 Å². The second-order valence-corrected chi connectivity index (χ2v) is 10.00. The van der Waals surface area contributed by atoms with Crippen LogP contribution in [-0.2, 0) is 6.54 Å². The second-order valence-electron chi connectivity index (χ2n) is 10.00. The molecule has 1 aliphatic carbocycles. The summed E-state index contributed by atoms with van der Waals surface area (Å²) in [5.74, 6) is 1.71. The number of likely N-dealkylation sites (tertiary alicyclic amines) is 1. The van der Waals surface area contributed by atoms with E-state index in [1.807, 2.05) is 32.0 Å². The van der Waals surface area contributed by atoms with E-state index in [0.717, 1.165) is 61.6 Å². The molecule has 7 heteroatoms. The monoisotopic (exact) mass is 474 g/mol. The van der Waals surface area contributed by atoms with Gasteiger partial charge in [0.2, 0.25) is 0 Å². The first-order chi connectivity index (χ1) is 17.0. The highest BCUT2D eigenvalue weighted by Gasteiger charge is 2.38. The number of rotatable bonds is 8. The lowest BCUT2D eigenvalue weighted by molar-refractivity contribution is 0.0703. The molecule has 0 spiro atoms. The molecule has 2 unspecified atom stereocenters. The largest absolute Gasteiger partial charge is 0.361 e. The van der Waals surface area contributed by atoms with Crippen LogP contribution in [0.15, 0.2) is 53.1 Å². The molecule has 2 fully saturated rings. The summed E-state index contributed by atoms with van der Waals surface area (Å²) in [7, 11) is 0. The number of aryl methyl sites for hydroxylation is 2. The average Bonchev–Trinajstić information content (AvgIpc) is 3.59. The third-order valence-corrected chi connectivity index (χ3v) is 7.58. The van der Waals surface area contributed by atoms with Crippen LogP contribution in [0.2, 0.25) is 0 Å². The van der Waals surface area contributed by atoms with Crippen molar-refractivity contribution < 1.29 is 14.5 Å². The maximum absolute atomic E-state index is 11.9. The van der Waals surface area contributed by atoms with E-state index < -0.39 is 5.91 Å². The normalized spacial score (nSPS) is 20.7. The predicted octanol–water partition coefficient (Wildman–Crippen LogP) is 4.44. The van der Waals surface area contributed by atoms with Crippen LogP contribution in [0.4, 0.5) is 0 Å². The summed E-state index contributed by atoms with van der Waals surface area (Å²) in [5.41, 5.74) is 7.86. The number of amides is 1. The molecule has 3 aromatic rings. The summed E-state index contributed by atoms with van der Waals surface area (Å²) in [6, 6.07) is 16.9. The van der Waals surface area contributed by atoms with Gasteiger partial charge in [0.1, 0.15) is 5.76 Å². The molecule has 2 atom stereocenters. The Labute approximate surface area is 206 Å². The van der Waals surface area contributed by atoms with E-state index in [1.165, 1.54) is 17.5 Å². The van der Waals surface area contributed by atoms with E-state index in [2.05, 4.69) is 39.6 Å². The number of carbonyl (C=O) groups excluding carboxylic acids is 1. The van der Waals surface area contributed by atoms with Gasteiger partial charge in [0.25, 0.3) is 5.91 Å². The number of benzene rings is 2. The molecule has 1 amide bonds. The fourth-order valence-corrected chi connectivity index (χ4v) is 5.43. The SMILES string of the molecule is Cc1noc(C)c1-c1ccc(C2CC2NCC2CCN(Cc3ccccc3C(=O)NO)CC2)cc1. The number of piperidine rings is 1. The van der Waals surface area contributed by atoms with Gasteiger partial charge in [-0.1, -0.05) is 47.6 Å². The Morgan fingerprint density at radius 3 is 2.54 bits per heavy atom. The molecule has 2 aliphatic rings. The highest BCUT2D eigenvalue weighted by Crippen LogP contribution is 2.41. The molecule has 2 heterocycles. The van der Waals surface area contributed by atoms with Gasteiger partial charge in [-0.3, -0.25) is 14.9 Å². The van der Waals surface area contributed by atoms with Gasteiger partial charge >= 0.3 is 0 Å². The number of hydroxylamine groups is 1. The van der Waals surface area contributed by atoms with Crippen LogP contribution in [0, 0.1) is 19.8 Å². The third kappa shape index (κ3) is 5.32. The van der Waals surface area contributed by atoms with Crippen molar-refractivity contribution in [2.75, 3.05) is 19.6 Å². The highest BCUT2D eigenvalue weighted by atomic mass is 16.5. The summed E-state index contributed by atoms with van der Waals surface area (Å²) in [5, 5.41) is 16.9. The molecular formula is C28H34N4O3. The van der Waals surface area contributed by atoms with E-state index in [-0.39, 0.29) is 0 Å². The Morgan fingerprint density at radius 2 is 1.86 bits per heavy atom. The van der Waals surface area contributed by atoms with Crippen LogP contribution in [0.1, 0.15) is 58.1 Å². The molecule has 1 aromatic heterocycles. The third-order valence-electron chi connectivity index (χ3n) is 7.58. The van der Waals surface area contributed by atoms with Gasteiger partial charge in [0.15, 0.2) is 0 Å². The molecule has 35 heavy (non-hydrogen) atoms. The number of hydrogen-bond acceptors (Lipinski definition) is 6. The molecule has 1 aliphatic heterocycles. The average molecular weight is 475 g/mol. The first-order valence-electron chi connectivity index (χ1n) is 12.5. The molecule has 0 bridgehead atoms. The molecule has 5 rings (SSSR count). The van der Waals surface area contributed by atoms with Gasteiger partial charge in [-0.05, 0) is 81.4 Å². The summed E-state index contributed by atoms with van der Waals surface area (Å²) in [6.45, 7) is 7.80. The lowest BCUT2D eigenvalue weighted by Crippen LogP contribution is -2.38. The summed E-state index contributed by atoms with van der Waals surface area (Å²) in [4.78, 5) is 14.3. The Hall–Kier alpha value is -3.00. The van der Waals surface area contributed by atoms with Crippen LogP contribution < -0.4 is 10.8 Å². The number of aromatic nitrogens is 1. The van der Waals surface area contributed by atoms with Gasteiger partial charge in [-0.15, -0.1) is 0 Å². The standard InChI is InChI=1S/C28H34N4O3/c1-18-27(19(2)35-31-18)22-9-7-21(8-10-22)25-15-26(25)29-16-20-11-13-32(14-12-20)17-23-5-3-4-6-24(23)28(33)30-34/h3-10,20,25-26,29,34H,11-17H2,1-2H3,(H,30,33). The quantitative estimate of drug-likeness (QED) is 0.330. The van der Waals surface area contributed by atoms with Crippen molar-refractivity contribution in [1.29, 1.82) is 0 Å². The Bertz CT molecular complexity index is 1150. The zero-order valence-electron chi connectivity index (χ0n) is 20.5. The Morgan fingerprint density at radius 1 is 1.11 bits per heavy atom. The molecule has 2 aromatic carbocycles. The fraction of sp³-hybridized carbons (Fsp3) is 0.429. The van der Waals surface area contributed by atoms with Crippen molar-refractivity contribution in [3.05, 3.63) is 76.7 Å². The smallest absolute Gasteiger partial charge is 0.274 e. The van der Waals surface area contributed by atoms with Crippen molar-refractivity contribution in [2.24, 2.45) is 5.92 Å². The van der Waals surface area contributed by atoms with E-state index in [4.69, 9.17) is 9.73 Å². The molecule has 184 valence electrons. The van der Waals surface area contributed by atoms with Gasteiger partial charge in [0, 0.05) is 29.6 Å². The van der Waals surface area contributed by atoms with E-state index in [1.54, 1.807) is 11.5 Å². The van der Waals surface area contributed by atoms with Crippen LogP contribution in [0.5, 0.6) is 0 Å². The van der Waals surface area contributed by atoms with Gasteiger partial charge in [-0.25, -0.2) is 5.48 Å². The van der Waals surface area contributed by atoms with Crippen molar-refractivity contribution in [1.82, 2.24) is 20.9 Å². The highest BCUT2D eigenvalue weighted by molar-refractivity contribution is 5.94. The molecule has 3 N–H and O–H groups in total. The van der Waals surface area contributed by atoms with E-state index in [0.29, 0.717) is 23.4 Å². The van der Waals surface area contributed by atoms with E-state index >= 15 is 0 Å². The van der Waals surface area contributed by atoms with Crippen LogP contribution in [0.3, 0.4) is 0 Å². The minimum atomic E-state index is -0.447. The Balaban J connectivity index is 1.07. The second kappa shape index (κ2) is 10.3. The molecule has 1 saturated heterocycles. The number of nitrogens with one attached hydrogen (secondary N) is 2. The van der Waals surface area contributed by atoms with Crippen molar-refractivity contribution in [3.63, 3.8) is 0 Å². The maximum Gasteiger partial charge on any atom is 0.274 e. The minimum Gasteiger partial charge on any atom is -0.361 e. The first kappa shape index (κ1) is 23.7. The van der Waals surface area contributed by atoms with E-state index in [9.17, 15) is 4.79 Å². The number of nitrogens with zero attached hydrogens (tertiary/aromatic N) is 2.